The predicted molar refractivity (Wildman–Crippen MR) is 78.5 cm³/mol. The molecule has 0 aliphatic carbocycles. The molecule has 3 heterocycles. The summed E-state index contributed by atoms with van der Waals surface area (Å²) in [4.78, 5) is 6.51. The highest BCUT2D eigenvalue weighted by Gasteiger charge is 2.19. The zero-order valence-corrected chi connectivity index (χ0v) is 12.6. The van der Waals surface area contributed by atoms with Crippen molar-refractivity contribution >= 4 is 11.3 Å². The molecular formula is C15H20N2O2S. The molecule has 20 heavy (non-hydrogen) atoms. The van der Waals surface area contributed by atoms with Crippen LogP contribution in [-0.2, 0) is 17.8 Å². The zero-order chi connectivity index (χ0) is 13.8. The zero-order valence-electron chi connectivity index (χ0n) is 11.7. The van der Waals surface area contributed by atoms with Gasteiger partial charge >= 0.3 is 0 Å². The van der Waals surface area contributed by atoms with Crippen LogP contribution in [0.25, 0.3) is 0 Å². The van der Waals surface area contributed by atoms with Crippen LogP contribution in [0.4, 0.5) is 0 Å². The van der Waals surface area contributed by atoms with E-state index in [1.54, 1.807) is 11.3 Å². The number of hydrogen-bond donors (Lipinski definition) is 0. The van der Waals surface area contributed by atoms with Gasteiger partial charge < -0.3 is 9.15 Å². The van der Waals surface area contributed by atoms with Gasteiger partial charge in [0.05, 0.1) is 13.1 Å². The number of ether oxygens (including phenoxy) is 1. The number of nitrogens with zero attached hydrogens (tertiary/aromatic N) is 2. The molecule has 1 atom stereocenters. The minimum absolute atomic E-state index is 0.154. The molecule has 1 aliphatic heterocycles. The monoisotopic (exact) mass is 292 g/mol. The Morgan fingerprint density at radius 1 is 1.35 bits per heavy atom. The van der Waals surface area contributed by atoms with E-state index in [0.29, 0.717) is 0 Å². The summed E-state index contributed by atoms with van der Waals surface area (Å²) in [7, 11) is 2.08. The van der Waals surface area contributed by atoms with Crippen molar-refractivity contribution in [1.29, 1.82) is 0 Å². The highest BCUT2D eigenvalue weighted by Crippen LogP contribution is 2.29. The van der Waals surface area contributed by atoms with E-state index in [4.69, 9.17) is 9.15 Å². The molecule has 0 bridgehead atoms. The van der Waals surface area contributed by atoms with E-state index in [1.165, 1.54) is 12.8 Å². The van der Waals surface area contributed by atoms with Crippen LogP contribution >= 0.6 is 11.3 Å². The Morgan fingerprint density at radius 2 is 2.30 bits per heavy atom. The molecule has 0 unspecified atom stereocenters. The molecule has 5 heteroatoms. The van der Waals surface area contributed by atoms with Gasteiger partial charge in [-0.2, -0.15) is 0 Å². The quantitative estimate of drug-likeness (QED) is 0.844. The van der Waals surface area contributed by atoms with Crippen LogP contribution in [0.5, 0.6) is 0 Å². The van der Waals surface area contributed by atoms with Crippen LogP contribution in [0.15, 0.2) is 28.1 Å². The van der Waals surface area contributed by atoms with E-state index >= 15 is 0 Å². The number of hydrogen-bond acceptors (Lipinski definition) is 5. The first-order chi connectivity index (χ1) is 9.81. The van der Waals surface area contributed by atoms with Gasteiger partial charge in [0.1, 0.15) is 22.6 Å². The highest BCUT2D eigenvalue weighted by molar-refractivity contribution is 7.09. The van der Waals surface area contributed by atoms with E-state index in [2.05, 4.69) is 29.1 Å². The molecule has 0 aromatic carbocycles. The number of furan rings is 1. The lowest BCUT2D eigenvalue weighted by Crippen LogP contribution is -2.16. The summed E-state index contributed by atoms with van der Waals surface area (Å²) in [5.74, 6) is 1.97. The summed E-state index contributed by atoms with van der Waals surface area (Å²) in [6.45, 7) is 2.50. The molecule has 1 aliphatic rings. The smallest absolute Gasteiger partial charge is 0.133 e. The van der Waals surface area contributed by atoms with Crippen molar-refractivity contribution in [2.75, 3.05) is 13.7 Å². The van der Waals surface area contributed by atoms with Gasteiger partial charge in [-0.15, -0.1) is 11.3 Å². The van der Waals surface area contributed by atoms with E-state index in [-0.39, 0.29) is 6.10 Å². The minimum atomic E-state index is 0.154. The normalized spacial score (nSPS) is 19.6. The molecule has 0 spiro atoms. The van der Waals surface area contributed by atoms with Crippen molar-refractivity contribution in [1.82, 2.24) is 9.88 Å². The van der Waals surface area contributed by atoms with E-state index < -0.39 is 0 Å². The summed E-state index contributed by atoms with van der Waals surface area (Å²) >= 11 is 1.69. The summed E-state index contributed by atoms with van der Waals surface area (Å²) < 4.78 is 11.7. The average Bonchev–Trinajstić information content (AvgIpc) is 3.11. The maximum absolute atomic E-state index is 5.93. The molecule has 3 rings (SSSR count). The summed E-state index contributed by atoms with van der Waals surface area (Å²) in [6, 6.07) is 4.12. The first kappa shape index (κ1) is 13.8. The van der Waals surface area contributed by atoms with Crippen LogP contribution in [-0.4, -0.2) is 23.5 Å². The second kappa shape index (κ2) is 6.52. The molecule has 2 aromatic rings. The molecule has 0 radical (unpaired) electrons. The lowest BCUT2D eigenvalue weighted by atomic mass is 10.1. The summed E-state index contributed by atoms with van der Waals surface area (Å²) in [6.07, 6.45) is 5.47. The van der Waals surface area contributed by atoms with Gasteiger partial charge in [-0.25, -0.2) is 4.98 Å². The Bertz CT molecular complexity index is 518. The Labute approximate surface area is 123 Å². The predicted octanol–water partition coefficient (Wildman–Crippen LogP) is 3.61. The molecule has 0 saturated carbocycles. The maximum atomic E-state index is 5.93. The van der Waals surface area contributed by atoms with Gasteiger partial charge in [0, 0.05) is 18.2 Å². The van der Waals surface area contributed by atoms with Crippen molar-refractivity contribution in [2.24, 2.45) is 0 Å². The van der Waals surface area contributed by atoms with Crippen LogP contribution in [0.1, 0.15) is 41.9 Å². The lowest BCUT2D eigenvalue weighted by Gasteiger charge is -2.20. The topological polar surface area (TPSA) is 38.5 Å². The average molecular weight is 292 g/mol. The molecule has 1 fully saturated rings. The van der Waals surface area contributed by atoms with Gasteiger partial charge in [-0.3, -0.25) is 4.90 Å². The second-order valence-electron chi connectivity index (χ2n) is 5.26. The summed E-state index contributed by atoms with van der Waals surface area (Å²) in [5, 5.41) is 3.14. The van der Waals surface area contributed by atoms with Gasteiger partial charge in [-0.1, -0.05) is 0 Å². The van der Waals surface area contributed by atoms with Crippen LogP contribution in [0.3, 0.4) is 0 Å². The van der Waals surface area contributed by atoms with Crippen molar-refractivity contribution in [3.05, 3.63) is 40.2 Å². The van der Waals surface area contributed by atoms with Gasteiger partial charge in [0.25, 0.3) is 0 Å². The van der Waals surface area contributed by atoms with Crippen molar-refractivity contribution < 1.29 is 9.15 Å². The van der Waals surface area contributed by atoms with Crippen molar-refractivity contribution in [3.63, 3.8) is 0 Å². The fraction of sp³-hybridized carbons (Fsp3) is 0.533. The molecule has 2 aromatic heterocycles. The first-order valence-electron chi connectivity index (χ1n) is 7.08. The third-order valence-corrected chi connectivity index (χ3v) is 4.26. The Kier molecular flexibility index (Phi) is 4.50. The van der Waals surface area contributed by atoms with E-state index in [0.717, 1.165) is 42.6 Å². The molecule has 0 amide bonds. The molecular weight excluding hydrogens is 272 g/mol. The SMILES string of the molecule is CN(Cc1ccc([C@H]2CCCCO2)o1)Cc1nccs1. The van der Waals surface area contributed by atoms with Crippen molar-refractivity contribution in [2.45, 2.75) is 38.5 Å². The van der Waals surface area contributed by atoms with Crippen LogP contribution in [0.2, 0.25) is 0 Å². The Morgan fingerprint density at radius 3 is 3.05 bits per heavy atom. The van der Waals surface area contributed by atoms with Crippen LogP contribution < -0.4 is 0 Å². The molecule has 1 saturated heterocycles. The van der Waals surface area contributed by atoms with Crippen molar-refractivity contribution in [3.8, 4) is 0 Å². The Hall–Kier alpha value is -1.17. The molecule has 4 nitrogen and oxygen atoms in total. The second-order valence-corrected chi connectivity index (χ2v) is 6.24. The van der Waals surface area contributed by atoms with E-state index in [9.17, 15) is 0 Å². The van der Waals surface area contributed by atoms with Gasteiger partial charge in [0.15, 0.2) is 0 Å². The fourth-order valence-electron chi connectivity index (χ4n) is 2.50. The molecule has 0 N–H and O–H groups in total. The number of thiazole rings is 1. The third kappa shape index (κ3) is 3.48. The van der Waals surface area contributed by atoms with E-state index in [1.807, 2.05) is 11.6 Å². The third-order valence-electron chi connectivity index (χ3n) is 3.49. The van der Waals surface area contributed by atoms with Gasteiger partial charge in [0.2, 0.25) is 0 Å². The summed E-state index contributed by atoms with van der Waals surface area (Å²) in [5.41, 5.74) is 0. The lowest BCUT2D eigenvalue weighted by molar-refractivity contribution is 0.000907. The minimum Gasteiger partial charge on any atom is -0.462 e. The maximum Gasteiger partial charge on any atom is 0.133 e. The number of rotatable bonds is 5. The standard InChI is InChI=1S/C15H20N2O2S/c1-17(11-15-16-7-9-20-15)10-12-5-6-14(19-12)13-4-2-3-8-18-13/h5-7,9,13H,2-4,8,10-11H2,1H3/t13-/m1/s1. The van der Waals surface area contributed by atoms with Gasteiger partial charge in [-0.05, 0) is 38.4 Å². The van der Waals surface area contributed by atoms with Crippen LogP contribution in [0, 0.1) is 0 Å². The number of aromatic nitrogens is 1. The first-order valence-corrected chi connectivity index (χ1v) is 7.96. The highest BCUT2D eigenvalue weighted by atomic mass is 32.1. The Balaban J connectivity index is 1.56. The largest absolute Gasteiger partial charge is 0.462 e. The fourth-order valence-corrected chi connectivity index (χ4v) is 3.20. The molecule has 108 valence electrons.